The van der Waals surface area contributed by atoms with Gasteiger partial charge in [0.15, 0.2) is 0 Å². The number of hydrogen-bond acceptors (Lipinski definition) is 10. The summed E-state index contributed by atoms with van der Waals surface area (Å²) in [7, 11) is -7.32. The van der Waals surface area contributed by atoms with Gasteiger partial charge in [0.2, 0.25) is 0 Å². The molecule has 53 heavy (non-hydrogen) atoms. The van der Waals surface area contributed by atoms with Crippen LogP contribution < -0.4 is 0 Å². The molecular formula is C35H42Cl2N2O10S4. The summed E-state index contributed by atoms with van der Waals surface area (Å²) < 4.78 is 69.2. The lowest BCUT2D eigenvalue weighted by molar-refractivity contribution is -0.143. The Balaban J connectivity index is 0.000000204. The first kappa shape index (κ1) is 41.8. The van der Waals surface area contributed by atoms with Crippen molar-refractivity contribution in [1.29, 1.82) is 0 Å². The monoisotopic (exact) mass is 848 g/mol. The molecule has 2 aliphatic heterocycles. The minimum Gasteiger partial charge on any atom is -0.480 e. The van der Waals surface area contributed by atoms with E-state index in [0.717, 1.165) is 57.8 Å². The van der Waals surface area contributed by atoms with Crippen LogP contribution in [0.3, 0.4) is 0 Å². The van der Waals surface area contributed by atoms with Gasteiger partial charge >= 0.3 is 11.9 Å². The molecule has 2 fully saturated rings. The highest BCUT2D eigenvalue weighted by atomic mass is 35.5. The molecule has 0 aliphatic carbocycles. The molecule has 0 radical (unpaired) electrons. The first-order valence-corrected chi connectivity index (χ1v) is 22.4. The number of hydrogen-bond donors (Lipinski definition) is 2. The van der Waals surface area contributed by atoms with Crippen molar-refractivity contribution in [3.8, 4) is 0 Å². The van der Waals surface area contributed by atoms with Crippen molar-refractivity contribution in [3.63, 3.8) is 0 Å². The van der Waals surface area contributed by atoms with Crippen LogP contribution in [0.2, 0.25) is 10.0 Å². The predicted octanol–water partition coefficient (Wildman–Crippen LogP) is 7.41. The molecule has 12 nitrogen and oxygen atoms in total. The lowest BCUT2D eigenvalue weighted by Gasteiger charge is -2.34. The average molecular weight is 850 g/mol. The minimum absolute atomic E-state index is 0.0846. The van der Waals surface area contributed by atoms with Crippen molar-refractivity contribution >= 4 is 98.0 Å². The quantitative estimate of drug-likeness (QED) is 0.129. The van der Waals surface area contributed by atoms with E-state index in [4.69, 9.17) is 42.9 Å². The van der Waals surface area contributed by atoms with E-state index in [2.05, 4.69) is 0 Å². The highest BCUT2D eigenvalue weighted by Crippen LogP contribution is 2.40. The van der Waals surface area contributed by atoms with Gasteiger partial charge in [0.1, 0.15) is 21.6 Å². The number of carbonyl (C=O) groups is 2. The van der Waals surface area contributed by atoms with Gasteiger partial charge in [-0.15, -0.1) is 22.7 Å². The van der Waals surface area contributed by atoms with E-state index in [1.54, 1.807) is 35.5 Å². The van der Waals surface area contributed by atoms with Crippen LogP contribution in [-0.4, -0.2) is 99.2 Å². The number of carboxylic acids is 2. The normalized spacial score (nSPS) is 18.9. The number of aliphatic carboxylic acids is 2. The number of piperidine rings is 2. The van der Waals surface area contributed by atoms with Crippen molar-refractivity contribution < 1.29 is 46.1 Å². The van der Waals surface area contributed by atoms with Gasteiger partial charge in [-0.1, -0.05) is 36.0 Å². The molecule has 2 unspecified atom stereocenters. The molecule has 0 bridgehead atoms. The Kier molecular flexibility index (Phi) is 14.2. The van der Waals surface area contributed by atoms with Crippen LogP contribution in [0.25, 0.3) is 20.2 Å². The van der Waals surface area contributed by atoms with Gasteiger partial charge in [-0.3, -0.25) is 0 Å². The van der Waals surface area contributed by atoms with E-state index in [-0.39, 0.29) is 31.9 Å². The van der Waals surface area contributed by atoms with Crippen LogP contribution in [-0.2, 0) is 39.1 Å². The van der Waals surface area contributed by atoms with E-state index < -0.39 is 38.6 Å². The maximum absolute atomic E-state index is 13.4. The Bertz CT molecular complexity index is 2170. The third-order valence-corrected chi connectivity index (χ3v) is 17.4. The fourth-order valence-electron chi connectivity index (χ4n) is 6.74. The van der Waals surface area contributed by atoms with Crippen LogP contribution in [0.4, 0.5) is 0 Å². The highest BCUT2D eigenvalue weighted by molar-refractivity contribution is 7.91. The Hall–Kier alpha value is -2.38. The number of benzene rings is 2. The summed E-state index contributed by atoms with van der Waals surface area (Å²) in [6, 6.07) is 10.3. The van der Waals surface area contributed by atoms with Gasteiger partial charge in [0.25, 0.3) is 20.0 Å². The van der Waals surface area contributed by atoms with Gasteiger partial charge in [-0.05, 0) is 104 Å². The van der Waals surface area contributed by atoms with Crippen molar-refractivity contribution in [2.45, 2.75) is 79.3 Å². The minimum atomic E-state index is -3.69. The average Bonchev–Trinajstić information content (AvgIpc) is 3.63. The van der Waals surface area contributed by atoms with Gasteiger partial charge in [0.05, 0.1) is 6.61 Å². The summed E-state index contributed by atoms with van der Waals surface area (Å²) in [5.41, 5.74) is 1.42. The molecule has 4 heterocycles. The largest absolute Gasteiger partial charge is 0.480 e. The topological polar surface area (TPSA) is 168 Å². The first-order valence-electron chi connectivity index (χ1n) is 17.1. The molecule has 0 saturated carbocycles. The number of nitrogens with zero attached hydrogens (tertiary/aromatic N) is 2. The molecule has 2 N–H and O–H groups in total. The summed E-state index contributed by atoms with van der Waals surface area (Å²) in [4.78, 5) is 21.2. The fourth-order valence-corrected chi connectivity index (χ4v) is 14.2. The zero-order valence-electron chi connectivity index (χ0n) is 29.3. The van der Waals surface area contributed by atoms with Gasteiger partial charge in [-0.2, -0.15) is 8.61 Å². The van der Waals surface area contributed by atoms with Crippen LogP contribution in [0.15, 0.2) is 44.8 Å². The van der Waals surface area contributed by atoms with E-state index in [9.17, 15) is 26.4 Å². The smallest absolute Gasteiger partial charge is 0.329 e. The number of fused-ring (bicyclic) bond motifs is 2. The zero-order valence-corrected chi connectivity index (χ0v) is 34.0. The lowest BCUT2D eigenvalue weighted by Crippen LogP contribution is -2.46. The van der Waals surface area contributed by atoms with Crippen molar-refractivity contribution in [1.82, 2.24) is 8.61 Å². The summed E-state index contributed by atoms with van der Waals surface area (Å²) in [6.07, 6.45) is 5.36. The number of ether oxygens (including phenoxy) is 2. The molecule has 0 spiro atoms. The second-order valence-corrected chi connectivity index (χ2v) is 20.1. The molecule has 2 aromatic carbocycles. The summed E-state index contributed by atoms with van der Waals surface area (Å²) in [5.74, 6) is -2.09. The Morgan fingerprint density at radius 3 is 1.68 bits per heavy atom. The molecule has 2 aromatic heterocycles. The SMILES string of the molecule is Cc1c(S(=O)(=O)N2CCCCC2CCOCC(=O)O)sc2ccc(Cl)cc12.Cc1c(S(=O)(=O)N2CCCCC2COCC(=O)O)sc2ccc(Cl)cc12. The van der Waals surface area contributed by atoms with E-state index in [1.807, 2.05) is 19.1 Å². The second-order valence-electron chi connectivity index (χ2n) is 13.0. The third kappa shape index (κ3) is 9.90. The molecule has 2 saturated heterocycles. The molecule has 18 heteroatoms. The molecule has 0 amide bonds. The van der Waals surface area contributed by atoms with Gasteiger partial charge < -0.3 is 19.7 Å². The summed E-state index contributed by atoms with van der Waals surface area (Å²) >= 11 is 14.6. The number of sulfonamides is 2. The predicted molar refractivity (Wildman–Crippen MR) is 208 cm³/mol. The highest BCUT2D eigenvalue weighted by Gasteiger charge is 2.37. The number of carboxylic acid groups (broad SMARTS) is 2. The lowest BCUT2D eigenvalue weighted by atomic mass is 10.0. The Morgan fingerprint density at radius 2 is 1.19 bits per heavy atom. The standard InChI is InChI=1S/C18H22ClNO5S2.C17H20ClNO5S2/c1-12-15-10-13(19)5-6-16(15)26-18(12)27(23,24)20-8-3-2-4-14(20)7-9-25-11-17(21)22;1-11-14-8-12(18)5-6-15(14)25-17(11)26(22,23)19-7-3-2-4-13(19)9-24-10-16(20)21/h5-6,10,14H,2-4,7-9,11H2,1H3,(H,21,22);5-6,8,13H,2-4,7,9-10H2,1H3,(H,20,21). The van der Waals surface area contributed by atoms with Crippen molar-refractivity contribution in [3.05, 3.63) is 57.6 Å². The van der Waals surface area contributed by atoms with Gasteiger partial charge in [0, 0.05) is 51.2 Å². The number of halogens is 2. The number of rotatable bonds is 13. The maximum atomic E-state index is 13.4. The summed E-state index contributed by atoms with van der Waals surface area (Å²) in [6.45, 7) is 4.02. The molecule has 2 atom stereocenters. The third-order valence-electron chi connectivity index (χ3n) is 9.30. The number of aryl methyl sites for hydroxylation is 2. The Morgan fingerprint density at radius 1 is 0.736 bits per heavy atom. The molecule has 2 aliphatic rings. The first-order chi connectivity index (χ1) is 25.1. The van der Waals surface area contributed by atoms with Crippen LogP contribution in [0, 0.1) is 13.8 Å². The van der Waals surface area contributed by atoms with E-state index in [1.165, 1.54) is 27.0 Å². The number of thiophene rings is 2. The second kappa shape index (κ2) is 18.0. The Labute approximate surface area is 327 Å². The molecule has 4 aromatic rings. The zero-order chi connectivity index (χ0) is 38.5. The van der Waals surface area contributed by atoms with Crippen molar-refractivity contribution in [2.75, 3.05) is 39.5 Å². The summed E-state index contributed by atoms with van der Waals surface area (Å²) in [5, 5.41) is 20.2. The van der Waals surface area contributed by atoms with E-state index >= 15 is 0 Å². The molecular weight excluding hydrogens is 808 g/mol. The van der Waals surface area contributed by atoms with Gasteiger partial charge in [-0.25, -0.2) is 26.4 Å². The fraction of sp³-hybridized carbons (Fsp3) is 0.486. The van der Waals surface area contributed by atoms with E-state index in [0.29, 0.717) is 50.0 Å². The van der Waals surface area contributed by atoms with Crippen LogP contribution >= 0.6 is 45.9 Å². The van der Waals surface area contributed by atoms with Crippen LogP contribution in [0.1, 0.15) is 56.1 Å². The van der Waals surface area contributed by atoms with Crippen molar-refractivity contribution in [2.24, 2.45) is 0 Å². The maximum Gasteiger partial charge on any atom is 0.329 e. The van der Waals surface area contributed by atoms with Crippen LogP contribution in [0.5, 0.6) is 0 Å². The molecule has 290 valence electrons. The molecule has 6 rings (SSSR count).